The van der Waals surface area contributed by atoms with Crippen molar-refractivity contribution >= 4 is 29.5 Å². The van der Waals surface area contributed by atoms with E-state index in [0.29, 0.717) is 17.8 Å². The summed E-state index contributed by atoms with van der Waals surface area (Å²) < 4.78 is 0. The third-order valence-electron chi connectivity index (χ3n) is 3.51. The molecule has 1 rings (SSSR count). The minimum atomic E-state index is -1.18. The maximum atomic E-state index is 11.3. The van der Waals surface area contributed by atoms with E-state index in [0.717, 1.165) is 11.1 Å². The number of anilines is 1. The summed E-state index contributed by atoms with van der Waals surface area (Å²) in [7, 11) is 0. The van der Waals surface area contributed by atoms with E-state index in [-0.39, 0.29) is 52.0 Å². The number of aliphatic imine (C=N–C) groups is 1. The van der Waals surface area contributed by atoms with Crippen molar-refractivity contribution in [1.29, 1.82) is 0 Å². The van der Waals surface area contributed by atoms with Crippen LogP contribution >= 0.6 is 0 Å². The Morgan fingerprint density at radius 3 is 2.46 bits per heavy atom. The number of aliphatic hydroxyl groups is 2. The van der Waals surface area contributed by atoms with Crippen LogP contribution in [-0.2, 0) is 30.0 Å². The van der Waals surface area contributed by atoms with Crippen LogP contribution in [-0.4, -0.2) is 46.1 Å². The molecule has 0 fully saturated rings. The number of aliphatic hydroxyl groups excluding tert-OH is 2. The number of nitrogens with one attached hydrogen (secondary N) is 1. The molecule has 1 aromatic rings. The van der Waals surface area contributed by atoms with Crippen LogP contribution < -0.4 is 5.32 Å². The third-order valence-corrected chi connectivity index (χ3v) is 3.51. The van der Waals surface area contributed by atoms with E-state index in [1.165, 1.54) is 0 Å². The maximum absolute atomic E-state index is 11.3. The number of hydrogen-bond donors (Lipinski definition) is 4. The molecule has 0 saturated carbocycles. The molecule has 0 aromatic heterocycles. The molecule has 7 nitrogen and oxygen atoms in total. The molecule has 4 N–H and O–H groups in total. The second-order valence-corrected chi connectivity index (χ2v) is 5.28. The Labute approximate surface area is 154 Å². The Bertz CT molecular complexity index is 604. The van der Waals surface area contributed by atoms with Gasteiger partial charge in [-0.15, -0.1) is 0 Å². The van der Waals surface area contributed by atoms with Crippen molar-refractivity contribution in [3.8, 4) is 0 Å². The van der Waals surface area contributed by atoms with Crippen molar-refractivity contribution in [3.05, 3.63) is 23.3 Å². The van der Waals surface area contributed by atoms with Crippen LogP contribution in [0.4, 0.5) is 11.4 Å². The van der Waals surface area contributed by atoms with Crippen LogP contribution in [0.2, 0.25) is 0 Å². The molecule has 1 unspecified atom stereocenters. The molecule has 0 spiro atoms. The smallest absolute Gasteiger partial charge is 0.350 e. The molecule has 0 heterocycles. The Kier molecular flexibility index (Phi) is 10.3. The zero-order valence-electron chi connectivity index (χ0n) is 13.6. The van der Waals surface area contributed by atoms with E-state index in [9.17, 15) is 19.8 Å². The zero-order valence-corrected chi connectivity index (χ0v) is 15.1. The summed E-state index contributed by atoms with van der Waals surface area (Å²) in [6.07, 6.45) is 0.164. The molecule has 136 valence electrons. The second kappa shape index (κ2) is 11.1. The first-order valence-corrected chi connectivity index (χ1v) is 7.30. The van der Waals surface area contributed by atoms with E-state index in [4.69, 9.17) is 5.11 Å². The van der Waals surface area contributed by atoms with Crippen LogP contribution in [0.1, 0.15) is 30.4 Å². The van der Waals surface area contributed by atoms with E-state index in [1.54, 1.807) is 12.1 Å². The Morgan fingerprint density at radius 1 is 1.29 bits per heavy atom. The summed E-state index contributed by atoms with van der Waals surface area (Å²) in [5.74, 6) is -1.18. The first-order chi connectivity index (χ1) is 10.9. The fraction of sp³-hybridized carbons (Fsp3) is 0.438. The van der Waals surface area contributed by atoms with Crippen LogP contribution in [0.25, 0.3) is 0 Å². The molecule has 1 atom stereocenters. The number of carboxylic acids is 1. The van der Waals surface area contributed by atoms with Crippen LogP contribution in [0.3, 0.4) is 0 Å². The van der Waals surface area contributed by atoms with Gasteiger partial charge in [-0.05, 0) is 56.4 Å². The molecule has 24 heavy (non-hydrogen) atoms. The van der Waals surface area contributed by atoms with E-state index in [1.807, 2.05) is 13.8 Å². The number of aryl methyl sites for hydroxylation is 2. The average Bonchev–Trinajstić information content (AvgIpc) is 2.48. The van der Waals surface area contributed by atoms with Gasteiger partial charge in [0.15, 0.2) is 0 Å². The molecular weight excluding hydrogens is 407 g/mol. The van der Waals surface area contributed by atoms with Crippen LogP contribution in [0.5, 0.6) is 0 Å². The third kappa shape index (κ3) is 6.89. The molecule has 0 bridgehead atoms. The molecule has 1 amide bonds. The summed E-state index contributed by atoms with van der Waals surface area (Å²) >= 11 is 0. The SMILES string of the molecule is Cc1cc(N=C(CCC(O)CCO)C(=O)O)c(NC=O)cc1C.[Pd]. The van der Waals surface area contributed by atoms with Crippen molar-refractivity contribution in [3.63, 3.8) is 0 Å². The van der Waals surface area contributed by atoms with Crippen molar-refractivity contribution in [2.45, 2.75) is 39.2 Å². The van der Waals surface area contributed by atoms with Crippen molar-refractivity contribution in [2.75, 3.05) is 11.9 Å². The van der Waals surface area contributed by atoms with E-state index >= 15 is 0 Å². The zero-order chi connectivity index (χ0) is 17.4. The van der Waals surface area contributed by atoms with Gasteiger partial charge in [-0.2, -0.15) is 0 Å². The Morgan fingerprint density at radius 2 is 1.92 bits per heavy atom. The van der Waals surface area contributed by atoms with Crippen LogP contribution in [0, 0.1) is 13.8 Å². The molecule has 0 aliphatic carbocycles. The minimum absolute atomic E-state index is 0. The van der Waals surface area contributed by atoms with Gasteiger partial charge in [-0.3, -0.25) is 4.79 Å². The number of amides is 1. The summed E-state index contributed by atoms with van der Waals surface area (Å²) in [4.78, 5) is 26.2. The van der Waals surface area contributed by atoms with Crippen molar-refractivity contribution in [1.82, 2.24) is 0 Å². The number of aliphatic carboxylic acids is 1. The first kappa shape index (κ1) is 22.4. The molecule has 1 aromatic carbocycles. The van der Waals surface area contributed by atoms with E-state index in [2.05, 4.69) is 10.3 Å². The van der Waals surface area contributed by atoms with Gasteiger partial charge in [0, 0.05) is 27.0 Å². The maximum Gasteiger partial charge on any atom is 0.350 e. The largest absolute Gasteiger partial charge is 0.477 e. The number of carboxylic acid groups (broad SMARTS) is 1. The molecular formula is C16H22N2O5Pd. The summed E-state index contributed by atoms with van der Waals surface area (Å²) in [5.41, 5.74) is 2.54. The first-order valence-electron chi connectivity index (χ1n) is 7.30. The normalized spacial score (nSPS) is 12.2. The number of benzene rings is 1. The van der Waals surface area contributed by atoms with Gasteiger partial charge >= 0.3 is 5.97 Å². The summed E-state index contributed by atoms with van der Waals surface area (Å²) in [6, 6.07) is 3.43. The molecule has 0 saturated heterocycles. The quantitative estimate of drug-likeness (QED) is 0.270. The van der Waals surface area contributed by atoms with Gasteiger partial charge < -0.3 is 20.6 Å². The summed E-state index contributed by atoms with van der Waals surface area (Å²) in [6.45, 7) is 3.58. The standard InChI is InChI=1S/C16H22N2O5.Pd/c1-10-7-14(17-9-20)15(8-11(10)2)18-13(16(22)23)4-3-12(21)5-6-19;/h7-9,12,19,21H,3-6H2,1-2H3,(H,17,20)(H,22,23);. The van der Waals surface area contributed by atoms with Gasteiger partial charge in [0.1, 0.15) is 5.71 Å². The summed E-state index contributed by atoms with van der Waals surface area (Å²) in [5, 5.41) is 30.1. The fourth-order valence-electron chi connectivity index (χ4n) is 2.03. The van der Waals surface area contributed by atoms with Crippen LogP contribution in [0.15, 0.2) is 17.1 Å². The molecule has 0 aliphatic rings. The van der Waals surface area contributed by atoms with Gasteiger partial charge in [0.2, 0.25) is 6.41 Å². The van der Waals surface area contributed by atoms with Gasteiger partial charge in [-0.1, -0.05) is 0 Å². The minimum Gasteiger partial charge on any atom is -0.477 e. The molecule has 0 radical (unpaired) electrons. The predicted molar refractivity (Wildman–Crippen MR) is 87.3 cm³/mol. The number of rotatable bonds is 9. The van der Waals surface area contributed by atoms with Crippen molar-refractivity contribution < 1.29 is 45.3 Å². The second-order valence-electron chi connectivity index (χ2n) is 5.28. The molecule has 8 heteroatoms. The van der Waals surface area contributed by atoms with Gasteiger partial charge in [-0.25, -0.2) is 9.79 Å². The van der Waals surface area contributed by atoms with E-state index < -0.39 is 12.1 Å². The number of carbonyl (C=O) groups excluding carboxylic acids is 1. The predicted octanol–water partition coefficient (Wildman–Crippen LogP) is 1.55. The topological polar surface area (TPSA) is 119 Å². The fourth-order valence-corrected chi connectivity index (χ4v) is 2.03. The Balaban J connectivity index is 0.00000529. The van der Waals surface area contributed by atoms with Gasteiger partial charge in [0.05, 0.1) is 17.5 Å². The van der Waals surface area contributed by atoms with Gasteiger partial charge in [0.25, 0.3) is 0 Å². The monoisotopic (exact) mass is 428 g/mol. The number of carbonyl (C=O) groups is 2. The Hall–Kier alpha value is -1.59. The number of hydrogen-bond acceptors (Lipinski definition) is 5. The molecule has 0 aliphatic heterocycles. The average molecular weight is 429 g/mol. The number of nitrogens with zero attached hydrogens (tertiary/aromatic N) is 1. The van der Waals surface area contributed by atoms with Crippen molar-refractivity contribution in [2.24, 2.45) is 4.99 Å².